The van der Waals surface area contributed by atoms with Crippen molar-refractivity contribution in [3.8, 4) is 11.4 Å². The molecule has 2 rings (SSSR count). The van der Waals surface area contributed by atoms with E-state index in [0.29, 0.717) is 11.4 Å². The van der Waals surface area contributed by atoms with E-state index in [1.807, 2.05) is 0 Å². The summed E-state index contributed by atoms with van der Waals surface area (Å²) in [7, 11) is 0. The van der Waals surface area contributed by atoms with Gasteiger partial charge in [0.2, 0.25) is 0 Å². The van der Waals surface area contributed by atoms with Crippen LogP contribution in [0.2, 0.25) is 0 Å². The molecule has 0 aliphatic heterocycles. The van der Waals surface area contributed by atoms with Crippen molar-refractivity contribution in [3.05, 3.63) is 46.9 Å². The molecule has 2 nitrogen and oxygen atoms in total. The molecule has 0 unspecified atom stereocenters. The van der Waals surface area contributed by atoms with Crippen molar-refractivity contribution >= 4 is 15.9 Å². The van der Waals surface area contributed by atoms with Crippen molar-refractivity contribution in [3.63, 3.8) is 0 Å². The first kappa shape index (κ1) is 9.27. The van der Waals surface area contributed by atoms with Crippen LogP contribution in [0, 0.1) is 5.82 Å². The zero-order valence-electron chi connectivity index (χ0n) is 7.11. The van der Waals surface area contributed by atoms with E-state index < -0.39 is 0 Å². The Hall–Kier alpha value is -1.29. The molecule has 1 aromatic heterocycles. The van der Waals surface area contributed by atoms with Crippen molar-refractivity contribution in [1.82, 2.24) is 9.97 Å². The van der Waals surface area contributed by atoms with Crippen LogP contribution in [0.1, 0.15) is 0 Å². The summed E-state index contributed by atoms with van der Waals surface area (Å²) < 4.78 is 14.1. The van der Waals surface area contributed by atoms with Gasteiger partial charge in [0.1, 0.15) is 5.82 Å². The van der Waals surface area contributed by atoms with Gasteiger partial charge in [0.25, 0.3) is 0 Å². The van der Waals surface area contributed by atoms with Crippen LogP contribution < -0.4 is 0 Å². The van der Waals surface area contributed by atoms with Gasteiger partial charge in [0.05, 0.1) is 10.0 Å². The Balaban J connectivity index is 2.50. The lowest BCUT2D eigenvalue weighted by Crippen LogP contribution is -1.90. The molecule has 0 fully saturated rings. The van der Waals surface area contributed by atoms with Crippen LogP contribution in [0.3, 0.4) is 0 Å². The Morgan fingerprint density at radius 1 is 1.07 bits per heavy atom. The predicted octanol–water partition coefficient (Wildman–Crippen LogP) is 3.05. The summed E-state index contributed by atoms with van der Waals surface area (Å²) in [6.07, 6.45) is 3.18. The highest BCUT2D eigenvalue weighted by Gasteiger charge is 2.05. The normalized spacial score (nSPS) is 10.1. The Labute approximate surface area is 89.0 Å². The summed E-state index contributed by atoms with van der Waals surface area (Å²) in [5.74, 6) is 0.0844. The number of benzene rings is 1. The van der Waals surface area contributed by atoms with Crippen molar-refractivity contribution in [1.29, 1.82) is 0 Å². The third kappa shape index (κ3) is 1.80. The van der Waals surface area contributed by atoms with E-state index in [1.54, 1.807) is 30.6 Å². The molecular formula is C10H6BrFN2. The van der Waals surface area contributed by atoms with Crippen LogP contribution in [0.15, 0.2) is 41.1 Å². The number of hydrogen-bond donors (Lipinski definition) is 0. The molecule has 0 bridgehead atoms. The molecule has 0 amide bonds. The van der Waals surface area contributed by atoms with Gasteiger partial charge in [0, 0.05) is 12.4 Å². The van der Waals surface area contributed by atoms with Crippen LogP contribution in [0.5, 0.6) is 0 Å². The smallest absolute Gasteiger partial charge is 0.162 e. The molecule has 1 heterocycles. The molecule has 0 N–H and O–H groups in total. The number of hydrogen-bond acceptors (Lipinski definition) is 2. The maximum Gasteiger partial charge on any atom is 0.162 e. The topological polar surface area (TPSA) is 25.8 Å². The predicted molar refractivity (Wildman–Crippen MR) is 55.1 cm³/mol. The van der Waals surface area contributed by atoms with Crippen LogP contribution in [-0.4, -0.2) is 9.97 Å². The zero-order valence-corrected chi connectivity index (χ0v) is 8.70. The van der Waals surface area contributed by atoms with Gasteiger partial charge < -0.3 is 0 Å². The molecule has 0 saturated carbocycles. The molecule has 0 aliphatic carbocycles. The lowest BCUT2D eigenvalue weighted by atomic mass is 10.2. The Morgan fingerprint density at radius 2 is 1.71 bits per heavy atom. The number of aromatic nitrogens is 2. The van der Waals surface area contributed by atoms with Gasteiger partial charge in [-0.15, -0.1) is 0 Å². The molecule has 14 heavy (non-hydrogen) atoms. The Morgan fingerprint density at radius 3 is 2.36 bits per heavy atom. The summed E-state index contributed by atoms with van der Waals surface area (Å²) in [4.78, 5) is 8.02. The maximum atomic E-state index is 13.3. The molecule has 1 aromatic carbocycles. The lowest BCUT2D eigenvalue weighted by Gasteiger charge is -2.00. The molecule has 0 saturated heterocycles. The summed E-state index contributed by atoms with van der Waals surface area (Å²) in [5.41, 5.74) is 0.417. The van der Waals surface area contributed by atoms with E-state index in [4.69, 9.17) is 0 Å². The monoisotopic (exact) mass is 252 g/mol. The average molecular weight is 253 g/mol. The van der Waals surface area contributed by atoms with Crippen LogP contribution >= 0.6 is 15.9 Å². The lowest BCUT2D eigenvalue weighted by molar-refractivity contribution is 0.630. The minimum Gasteiger partial charge on any atom is -0.235 e. The number of nitrogens with zero attached hydrogens (tertiary/aromatic N) is 2. The van der Waals surface area contributed by atoms with Gasteiger partial charge in [-0.05, 0) is 28.1 Å². The fourth-order valence-corrected chi connectivity index (χ4v) is 1.30. The van der Waals surface area contributed by atoms with E-state index in [0.717, 1.165) is 4.47 Å². The van der Waals surface area contributed by atoms with Gasteiger partial charge in [-0.2, -0.15) is 0 Å². The maximum absolute atomic E-state index is 13.3. The second kappa shape index (κ2) is 3.84. The molecule has 70 valence electrons. The highest BCUT2D eigenvalue weighted by Crippen LogP contribution is 2.18. The van der Waals surface area contributed by atoms with Crippen molar-refractivity contribution in [2.75, 3.05) is 0 Å². The standard InChI is InChI=1S/C10H6BrFN2/c11-7-5-13-10(14-6-7)8-3-1-2-4-9(8)12/h1-6H. The van der Waals surface area contributed by atoms with Gasteiger partial charge >= 0.3 is 0 Å². The summed E-state index contributed by atoms with van der Waals surface area (Å²) in [6, 6.07) is 6.43. The van der Waals surface area contributed by atoms with E-state index in [1.165, 1.54) is 6.07 Å². The molecule has 0 atom stereocenters. The summed E-state index contributed by atoms with van der Waals surface area (Å²) in [6.45, 7) is 0. The molecule has 0 aliphatic rings. The molecule has 0 radical (unpaired) electrons. The minimum atomic E-state index is -0.310. The first-order valence-electron chi connectivity index (χ1n) is 4.00. The van der Waals surface area contributed by atoms with Crippen LogP contribution in [0.4, 0.5) is 4.39 Å². The third-order valence-corrected chi connectivity index (χ3v) is 2.14. The molecule has 2 aromatic rings. The van der Waals surface area contributed by atoms with Gasteiger partial charge in [-0.1, -0.05) is 12.1 Å². The first-order valence-corrected chi connectivity index (χ1v) is 4.79. The average Bonchev–Trinajstić information content (AvgIpc) is 2.20. The summed E-state index contributed by atoms with van der Waals surface area (Å²) >= 11 is 3.22. The van der Waals surface area contributed by atoms with Crippen molar-refractivity contribution in [2.24, 2.45) is 0 Å². The minimum absolute atomic E-state index is 0.310. The second-order valence-corrected chi connectivity index (χ2v) is 3.62. The fraction of sp³-hybridized carbons (Fsp3) is 0. The van der Waals surface area contributed by atoms with Crippen molar-refractivity contribution in [2.45, 2.75) is 0 Å². The molecule has 4 heteroatoms. The van der Waals surface area contributed by atoms with Crippen molar-refractivity contribution < 1.29 is 4.39 Å². The SMILES string of the molecule is Fc1ccccc1-c1ncc(Br)cn1. The first-order chi connectivity index (χ1) is 6.77. The van der Waals surface area contributed by atoms with Gasteiger partial charge in [-0.25, -0.2) is 14.4 Å². The van der Waals surface area contributed by atoms with E-state index in [2.05, 4.69) is 25.9 Å². The van der Waals surface area contributed by atoms with Gasteiger partial charge in [-0.3, -0.25) is 0 Å². The van der Waals surface area contributed by atoms with E-state index >= 15 is 0 Å². The van der Waals surface area contributed by atoms with E-state index in [-0.39, 0.29) is 5.82 Å². The zero-order chi connectivity index (χ0) is 9.97. The second-order valence-electron chi connectivity index (χ2n) is 2.70. The number of rotatable bonds is 1. The Bertz CT molecular complexity index is 442. The molecule has 0 spiro atoms. The highest BCUT2D eigenvalue weighted by molar-refractivity contribution is 9.10. The molecular weight excluding hydrogens is 247 g/mol. The largest absolute Gasteiger partial charge is 0.235 e. The van der Waals surface area contributed by atoms with Gasteiger partial charge in [0.15, 0.2) is 5.82 Å². The van der Waals surface area contributed by atoms with Crippen LogP contribution in [0.25, 0.3) is 11.4 Å². The number of halogens is 2. The highest BCUT2D eigenvalue weighted by atomic mass is 79.9. The Kier molecular flexibility index (Phi) is 2.54. The van der Waals surface area contributed by atoms with E-state index in [9.17, 15) is 4.39 Å². The summed E-state index contributed by atoms with van der Waals surface area (Å²) in [5, 5.41) is 0. The fourth-order valence-electron chi connectivity index (χ4n) is 1.09. The third-order valence-electron chi connectivity index (χ3n) is 1.74. The quantitative estimate of drug-likeness (QED) is 0.780. The van der Waals surface area contributed by atoms with Crippen LogP contribution in [-0.2, 0) is 0 Å².